The van der Waals surface area contributed by atoms with E-state index in [-0.39, 0.29) is 0 Å². The molecule has 2 bridgehead atoms. The molecule has 0 spiro atoms. The molecule has 2 aliphatic rings. The summed E-state index contributed by atoms with van der Waals surface area (Å²) in [5.74, 6) is 2.45. The summed E-state index contributed by atoms with van der Waals surface area (Å²) in [5.41, 5.74) is 4.18. The lowest BCUT2D eigenvalue weighted by Gasteiger charge is -2.14. The van der Waals surface area contributed by atoms with Crippen molar-refractivity contribution in [2.45, 2.75) is 26.2 Å². The van der Waals surface area contributed by atoms with Crippen molar-refractivity contribution in [1.82, 2.24) is 0 Å². The van der Waals surface area contributed by atoms with Crippen molar-refractivity contribution in [1.29, 1.82) is 0 Å². The lowest BCUT2D eigenvalue weighted by atomic mass is 9.95. The minimum Gasteiger partial charge on any atom is -0.493 e. The molecule has 1 fully saturated rings. The highest BCUT2D eigenvalue weighted by molar-refractivity contribution is 5.32. The molecule has 0 aromatic rings. The van der Waals surface area contributed by atoms with E-state index in [4.69, 9.17) is 4.74 Å². The molecule has 0 aromatic carbocycles. The first-order chi connectivity index (χ1) is 7.35. The second-order valence-corrected chi connectivity index (χ2v) is 4.36. The van der Waals surface area contributed by atoms with Gasteiger partial charge in [0.05, 0.1) is 6.61 Å². The highest BCUT2D eigenvalue weighted by Crippen LogP contribution is 2.40. The average molecular weight is 202 g/mol. The van der Waals surface area contributed by atoms with Crippen LogP contribution in [-0.2, 0) is 4.74 Å². The van der Waals surface area contributed by atoms with Gasteiger partial charge in [0, 0.05) is 5.57 Å². The minimum atomic E-state index is 0.665. The van der Waals surface area contributed by atoms with Crippen LogP contribution >= 0.6 is 0 Å². The van der Waals surface area contributed by atoms with Gasteiger partial charge < -0.3 is 4.74 Å². The van der Waals surface area contributed by atoms with Gasteiger partial charge in [-0.3, -0.25) is 0 Å². The maximum atomic E-state index is 5.84. The van der Waals surface area contributed by atoms with Crippen molar-refractivity contribution in [3.63, 3.8) is 0 Å². The molecule has 80 valence electrons. The predicted octanol–water partition coefficient (Wildman–Crippen LogP) is 3.60. The topological polar surface area (TPSA) is 9.23 Å². The zero-order valence-corrected chi connectivity index (χ0v) is 9.33. The first-order valence-electron chi connectivity index (χ1n) is 5.70. The molecule has 2 rings (SSSR count). The predicted molar refractivity (Wildman–Crippen MR) is 62.3 cm³/mol. The number of ether oxygens (including phenoxy) is 1. The van der Waals surface area contributed by atoms with Crippen molar-refractivity contribution < 1.29 is 4.74 Å². The number of allylic oxidation sites excluding steroid dienone is 4. The van der Waals surface area contributed by atoms with E-state index in [1.165, 1.54) is 24.8 Å². The lowest BCUT2D eigenvalue weighted by Crippen LogP contribution is -2.04. The van der Waals surface area contributed by atoms with Gasteiger partial charge in [-0.2, -0.15) is 0 Å². The monoisotopic (exact) mass is 202 g/mol. The SMILES string of the molecule is C=C=CC1=C(C=CC)OCC2CCC1C2. The van der Waals surface area contributed by atoms with E-state index < -0.39 is 0 Å². The van der Waals surface area contributed by atoms with E-state index in [1.807, 2.05) is 19.1 Å². The molecule has 15 heavy (non-hydrogen) atoms. The third kappa shape index (κ3) is 2.08. The Balaban J connectivity index is 2.36. The van der Waals surface area contributed by atoms with Crippen molar-refractivity contribution in [3.05, 3.63) is 41.9 Å². The van der Waals surface area contributed by atoms with E-state index >= 15 is 0 Å². The fraction of sp³-hybridized carbons (Fsp3) is 0.500. The molecule has 0 amide bonds. The summed E-state index contributed by atoms with van der Waals surface area (Å²) >= 11 is 0. The standard InChI is InChI=1S/C14H18O/c1-3-5-13-12-8-7-11(9-12)10-15-14(13)6-4-2/h4-6,11-12H,1,7-10H2,2H3. The van der Waals surface area contributed by atoms with Crippen LogP contribution in [0.15, 0.2) is 41.9 Å². The molecule has 0 N–H and O–H groups in total. The van der Waals surface area contributed by atoms with Gasteiger partial charge in [-0.05, 0) is 50.2 Å². The molecule has 2 unspecified atom stereocenters. The summed E-state index contributed by atoms with van der Waals surface area (Å²) in [5, 5.41) is 0. The van der Waals surface area contributed by atoms with Crippen molar-refractivity contribution >= 4 is 0 Å². The normalized spacial score (nSPS) is 29.9. The number of rotatable bonds is 2. The van der Waals surface area contributed by atoms with Crippen LogP contribution in [0.1, 0.15) is 26.2 Å². The van der Waals surface area contributed by atoms with Crippen LogP contribution < -0.4 is 0 Å². The van der Waals surface area contributed by atoms with E-state index in [9.17, 15) is 0 Å². The molecule has 1 aliphatic heterocycles. The van der Waals surface area contributed by atoms with Gasteiger partial charge in [-0.1, -0.05) is 12.7 Å². The highest BCUT2D eigenvalue weighted by atomic mass is 16.5. The number of hydrogen-bond donors (Lipinski definition) is 0. The summed E-state index contributed by atoms with van der Waals surface area (Å²) in [7, 11) is 0. The van der Waals surface area contributed by atoms with Crippen LogP contribution in [0.25, 0.3) is 0 Å². The summed E-state index contributed by atoms with van der Waals surface area (Å²) < 4.78 is 5.84. The lowest BCUT2D eigenvalue weighted by molar-refractivity contribution is 0.180. The smallest absolute Gasteiger partial charge is 0.123 e. The summed E-state index contributed by atoms with van der Waals surface area (Å²) in [6.45, 7) is 6.57. The molecular weight excluding hydrogens is 184 g/mol. The van der Waals surface area contributed by atoms with Gasteiger partial charge in [-0.25, -0.2) is 0 Å². The molecule has 1 nitrogen and oxygen atoms in total. The zero-order valence-electron chi connectivity index (χ0n) is 9.33. The van der Waals surface area contributed by atoms with E-state index in [0.717, 1.165) is 18.3 Å². The quantitative estimate of drug-likeness (QED) is 0.622. The second kappa shape index (κ2) is 4.55. The molecular formula is C14H18O. The first kappa shape index (κ1) is 10.3. The van der Waals surface area contributed by atoms with Crippen LogP contribution in [0.2, 0.25) is 0 Å². The molecule has 1 saturated carbocycles. The average Bonchev–Trinajstić information content (AvgIpc) is 2.62. The fourth-order valence-corrected chi connectivity index (χ4v) is 2.60. The van der Waals surface area contributed by atoms with Gasteiger partial charge in [0.15, 0.2) is 0 Å². The van der Waals surface area contributed by atoms with Gasteiger partial charge in [-0.15, -0.1) is 5.73 Å². The second-order valence-electron chi connectivity index (χ2n) is 4.36. The van der Waals surface area contributed by atoms with Crippen LogP contribution in [-0.4, -0.2) is 6.61 Å². The molecule has 0 saturated heterocycles. The van der Waals surface area contributed by atoms with Crippen LogP contribution in [0.4, 0.5) is 0 Å². The Kier molecular flexibility index (Phi) is 3.13. The molecule has 0 radical (unpaired) electrons. The van der Waals surface area contributed by atoms with Crippen LogP contribution in [0, 0.1) is 11.8 Å². The Morgan fingerprint density at radius 1 is 1.47 bits per heavy atom. The van der Waals surface area contributed by atoms with Crippen molar-refractivity contribution in [2.24, 2.45) is 11.8 Å². The summed E-state index contributed by atoms with van der Waals surface area (Å²) in [6, 6.07) is 0. The Hall–Kier alpha value is -1.20. The molecule has 0 aromatic heterocycles. The first-order valence-corrected chi connectivity index (χ1v) is 5.70. The van der Waals surface area contributed by atoms with Crippen molar-refractivity contribution in [2.75, 3.05) is 6.61 Å². The van der Waals surface area contributed by atoms with Crippen LogP contribution in [0.5, 0.6) is 0 Å². The Morgan fingerprint density at radius 2 is 2.33 bits per heavy atom. The van der Waals surface area contributed by atoms with Crippen LogP contribution in [0.3, 0.4) is 0 Å². The highest BCUT2D eigenvalue weighted by Gasteiger charge is 2.31. The van der Waals surface area contributed by atoms with E-state index in [1.54, 1.807) is 0 Å². The summed E-state index contributed by atoms with van der Waals surface area (Å²) in [4.78, 5) is 0. The number of fused-ring (bicyclic) bond motifs is 2. The Bertz CT molecular complexity index is 342. The minimum absolute atomic E-state index is 0.665. The number of hydrogen-bond acceptors (Lipinski definition) is 1. The van der Waals surface area contributed by atoms with Gasteiger partial charge >= 0.3 is 0 Å². The molecule has 1 aliphatic carbocycles. The van der Waals surface area contributed by atoms with E-state index in [2.05, 4.69) is 18.4 Å². The zero-order chi connectivity index (χ0) is 10.7. The third-order valence-electron chi connectivity index (χ3n) is 3.32. The largest absolute Gasteiger partial charge is 0.493 e. The van der Waals surface area contributed by atoms with Gasteiger partial charge in [0.25, 0.3) is 0 Å². The summed E-state index contributed by atoms with van der Waals surface area (Å²) in [6.07, 6.45) is 9.96. The molecule has 2 atom stereocenters. The van der Waals surface area contributed by atoms with Gasteiger partial charge in [0.2, 0.25) is 0 Å². The van der Waals surface area contributed by atoms with E-state index in [0.29, 0.717) is 5.92 Å². The molecule has 1 heteroatoms. The van der Waals surface area contributed by atoms with Crippen molar-refractivity contribution in [3.8, 4) is 0 Å². The fourth-order valence-electron chi connectivity index (χ4n) is 2.60. The Morgan fingerprint density at radius 3 is 3.07 bits per heavy atom. The van der Waals surface area contributed by atoms with Gasteiger partial charge in [0.1, 0.15) is 5.76 Å². The maximum Gasteiger partial charge on any atom is 0.123 e. The Labute approximate surface area is 91.8 Å². The third-order valence-corrected chi connectivity index (χ3v) is 3.32. The maximum absolute atomic E-state index is 5.84. The molecule has 1 heterocycles.